The number of amides is 2. The molecule has 5 rings (SSSR count). The average Bonchev–Trinajstić information content (AvgIpc) is 3.45. The van der Waals surface area contributed by atoms with Crippen molar-refractivity contribution in [3.8, 4) is 0 Å². The third-order valence-electron chi connectivity index (χ3n) is 6.64. The third kappa shape index (κ3) is 3.46. The number of carbonyl (C=O) groups excluding carboxylic acids is 2. The second-order valence-corrected chi connectivity index (χ2v) is 8.52. The maximum absolute atomic E-state index is 13.0. The van der Waals surface area contributed by atoms with Crippen LogP contribution in [0, 0.1) is 33.8 Å². The summed E-state index contributed by atoms with van der Waals surface area (Å²) in [6, 6.07) is 8.61. The summed E-state index contributed by atoms with van der Waals surface area (Å²) in [5, 5.41) is 14.5. The van der Waals surface area contributed by atoms with E-state index in [0.717, 1.165) is 29.5 Å². The first-order valence-electron chi connectivity index (χ1n) is 10.4. The van der Waals surface area contributed by atoms with Crippen molar-refractivity contribution in [2.24, 2.45) is 23.7 Å². The smallest absolute Gasteiger partial charge is 0.375 e. The molecule has 0 spiro atoms. The van der Waals surface area contributed by atoms with E-state index in [-0.39, 0.29) is 47.3 Å². The predicted molar refractivity (Wildman–Crippen MR) is 112 cm³/mol. The van der Waals surface area contributed by atoms with Gasteiger partial charge in [-0.05, 0) is 48.1 Å². The number of nitrogens with zero attached hydrogens (tertiary/aromatic N) is 2. The van der Waals surface area contributed by atoms with Crippen LogP contribution < -0.4 is 10.2 Å². The predicted octanol–water partition coefficient (Wildman–Crippen LogP) is 4.54. The van der Waals surface area contributed by atoms with Gasteiger partial charge in [0.05, 0.1) is 28.0 Å². The van der Waals surface area contributed by atoms with Crippen molar-refractivity contribution in [2.75, 3.05) is 10.2 Å². The van der Waals surface area contributed by atoms with Crippen LogP contribution in [0.25, 0.3) is 0 Å². The Morgan fingerprint density at radius 2 is 1.70 bits per heavy atom. The van der Waals surface area contributed by atoms with Gasteiger partial charge in [-0.15, -0.1) is 0 Å². The molecule has 33 heavy (non-hydrogen) atoms. The summed E-state index contributed by atoms with van der Waals surface area (Å²) in [6.07, 6.45) is 0.207. The number of anilines is 2. The number of halogens is 3. The van der Waals surface area contributed by atoms with E-state index in [2.05, 4.69) is 5.32 Å². The first kappa shape index (κ1) is 21.2. The molecule has 0 radical (unpaired) electrons. The van der Waals surface area contributed by atoms with E-state index in [0.29, 0.717) is 5.56 Å². The normalized spacial score (nSPS) is 25.6. The summed E-state index contributed by atoms with van der Waals surface area (Å²) >= 11 is 0. The molecule has 3 aliphatic rings. The standard InChI is InChI=1S/C23H18F3N3O4/c24-23(25,26)15-3-1-2-12(8-15)11-27-17-7-6-16(10-18(17)29(32)33)28-21(30)19-13-4-5-14(9-13)20(19)22(28)31/h1-8,10,13-14,19-20,27H,9,11H2/t13-,14-,19+,20+/m0/s1. The van der Waals surface area contributed by atoms with Gasteiger partial charge in [-0.3, -0.25) is 19.7 Å². The van der Waals surface area contributed by atoms with E-state index in [1.54, 1.807) is 0 Å². The number of carbonyl (C=O) groups is 2. The summed E-state index contributed by atoms with van der Waals surface area (Å²) < 4.78 is 38.8. The minimum absolute atomic E-state index is 0.0184. The number of benzene rings is 2. The topological polar surface area (TPSA) is 92.6 Å². The van der Waals surface area contributed by atoms with Gasteiger partial charge < -0.3 is 5.32 Å². The van der Waals surface area contributed by atoms with Crippen LogP contribution in [-0.2, 0) is 22.3 Å². The maximum atomic E-state index is 13.0. The molecule has 2 aliphatic carbocycles. The SMILES string of the molecule is O=C1[C@H]2[C@H](C(=O)N1c1ccc(NCc3cccc(C(F)(F)F)c3)c([N+](=O)[O-])c1)[C@H]1C=C[C@H]2C1. The molecule has 2 fully saturated rings. The van der Waals surface area contributed by atoms with E-state index in [1.165, 1.54) is 24.3 Å². The van der Waals surface area contributed by atoms with Gasteiger partial charge in [0.2, 0.25) is 11.8 Å². The van der Waals surface area contributed by atoms with Crippen LogP contribution in [0.15, 0.2) is 54.6 Å². The Labute approximate surface area is 186 Å². The van der Waals surface area contributed by atoms with Gasteiger partial charge >= 0.3 is 6.18 Å². The largest absolute Gasteiger partial charge is 0.416 e. The van der Waals surface area contributed by atoms with Crippen LogP contribution in [0.2, 0.25) is 0 Å². The summed E-state index contributed by atoms with van der Waals surface area (Å²) in [4.78, 5) is 38.0. The number of nitro benzene ring substituents is 1. The second-order valence-electron chi connectivity index (χ2n) is 8.52. The molecule has 7 nitrogen and oxygen atoms in total. The Morgan fingerprint density at radius 1 is 1.03 bits per heavy atom. The van der Waals surface area contributed by atoms with Crippen LogP contribution in [-0.4, -0.2) is 16.7 Å². The molecule has 1 saturated carbocycles. The lowest BCUT2D eigenvalue weighted by atomic mass is 9.85. The minimum Gasteiger partial charge on any atom is -0.375 e. The zero-order valence-corrected chi connectivity index (χ0v) is 17.1. The van der Waals surface area contributed by atoms with Gasteiger partial charge in [0.1, 0.15) is 5.69 Å². The number of hydrogen-bond donors (Lipinski definition) is 1. The quantitative estimate of drug-likeness (QED) is 0.308. The molecule has 0 aromatic heterocycles. The first-order chi connectivity index (χ1) is 15.6. The van der Waals surface area contributed by atoms with Crippen molar-refractivity contribution in [3.63, 3.8) is 0 Å². The van der Waals surface area contributed by atoms with E-state index in [4.69, 9.17) is 0 Å². The first-order valence-corrected chi connectivity index (χ1v) is 10.4. The highest BCUT2D eigenvalue weighted by atomic mass is 19.4. The van der Waals surface area contributed by atoms with Gasteiger partial charge in [0.15, 0.2) is 0 Å². The maximum Gasteiger partial charge on any atom is 0.416 e. The Kier molecular flexibility index (Phi) is 4.77. The van der Waals surface area contributed by atoms with Gasteiger partial charge in [-0.2, -0.15) is 13.2 Å². The van der Waals surface area contributed by atoms with Crippen molar-refractivity contribution in [1.29, 1.82) is 0 Å². The zero-order valence-electron chi connectivity index (χ0n) is 17.1. The lowest BCUT2D eigenvalue weighted by molar-refractivity contribution is -0.383. The van der Waals surface area contributed by atoms with Crippen LogP contribution in [0.3, 0.4) is 0 Å². The number of hydrogen-bond acceptors (Lipinski definition) is 5. The lowest BCUT2D eigenvalue weighted by Gasteiger charge is -2.18. The molecule has 170 valence electrons. The number of imide groups is 1. The van der Waals surface area contributed by atoms with Crippen molar-refractivity contribution < 1.29 is 27.7 Å². The summed E-state index contributed by atoms with van der Waals surface area (Å²) in [7, 11) is 0. The molecule has 2 aromatic carbocycles. The highest BCUT2D eigenvalue weighted by Gasteiger charge is 2.59. The monoisotopic (exact) mass is 457 g/mol. The van der Waals surface area contributed by atoms with Crippen molar-refractivity contribution in [2.45, 2.75) is 19.1 Å². The average molecular weight is 457 g/mol. The second kappa shape index (κ2) is 7.43. The fourth-order valence-electron chi connectivity index (χ4n) is 5.17. The zero-order chi connectivity index (χ0) is 23.5. The van der Waals surface area contributed by atoms with Crippen molar-refractivity contribution >= 4 is 28.9 Å². The van der Waals surface area contributed by atoms with Gasteiger partial charge in [-0.1, -0.05) is 24.3 Å². The van der Waals surface area contributed by atoms with E-state index >= 15 is 0 Å². The number of allylic oxidation sites excluding steroid dienone is 2. The minimum atomic E-state index is -4.49. The summed E-state index contributed by atoms with van der Waals surface area (Å²) in [6.45, 7) is -0.0785. The highest BCUT2D eigenvalue weighted by Crippen LogP contribution is 2.53. The van der Waals surface area contributed by atoms with Gasteiger partial charge in [-0.25, -0.2) is 4.90 Å². The van der Waals surface area contributed by atoms with Crippen LogP contribution in [0.4, 0.5) is 30.2 Å². The Bertz CT molecular complexity index is 1180. The number of nitrogens with one attached hydrogen (secondary N) is 1. The van der Waals surface area contributed by atoms with E-state index in [9.17, 15) is 32.9 Å². The van der Waals surface area contributed by atoms with Gasteiger partial charge in [0.25, 0.3) is 5.69 Å². The Morgan fingerprint density at radius 3 is 2.30 bits per heavy atom. The molecule has 2 bridgehead atoms. The molecular weight excluding hydrogens is 439 g/mol. The fourth-order valence-corrected chi connectivity index (χ4v) is 5.17. The van der Waals surface area contributed by atoms with Crippen LogP contribution in [0.1, 0.15) is 17.5 Å². The molecule has 1 heterocycles. The summed E-state index contributed by atoms with van der Waals surface area (Å²) in [5.41, 5.74) is -0.703. The van der Waals surface area contributed by atoms with Crippen LogP contribution in [0.5, 0.6) is 0 Å². The number of alkyl halides is 3. The molecular formula is C23H18F3N3O4. The molecule has 1 N–H and O–H groups in total. The molecule has 1 saturated heterocycles. The molecule has 10 heteroatoms. The fraction of sp³-hybridized carbons (Fsp3) is 0.304. The van der Waals surface area contributed by atoms with Crippen molar-refractivity contribution in [3.05, 3.63) is 75.9 Å². The summed E-state index contributed by atoms with van der Waals surface area (Å²) in [5.74, 6) is -1.51. The van der Waals surface area contributed by atoms with Crippen LogP contribution >= 0.6 is 0 Å². The molecule has 2 amide bonds. The molecule has 1 aliphatic heterocycles. The number of fused-ring (bicyclic) bond motifs is 5. The van der Waals surface area contributed by atoms with E-state index < -0.39 is 28.5 Å². The molecule has 2 aromatic rings. The molecule has 0 unspecified atom stereocenters. The Balaban J connectivity index is 1.39. The lowest BCUT2D eigenvalue weighted by Crippen LogP contribution is -2.32. The molecule has 4 atom stereocenters. The van der Waals surface area contributed by atoms with E-state index in [1.807, 2.05) is 12.2 Å². The Hall–Kier alpha value is -3.69. The van der Waals surface area contributed by atoms with Gasteiger partial charge in [0, 0.05) is 12.6 Å². The van der Waals surface area contributed by atoms with Crippen molar-refractivity contribution in [1.82, 2.24) is 0 Å². The third-order valence-corrected chi connectivity index (χ3v) is 6.64. The number of nitro groups is 1. The highest BCUT2D eigenvalue weighted by molar-refractivity contribution is 6.23. The number of rotatable bonds is 5.